The van der Waals surface area contributed by atoms with Crippen LogP contribution >= 0.6 is 0 Å². The Balaban J connectivity index is 3.75. The monoisotopic (exact) mass is 198 g/mol. The topological polar surface area (TPSA) is 26.3 Å². The van der Waals surface area contributed by atoms with Gasteiger partial charge in [0.15, 0.2) is 0 Å². The van der Waals surface area contributed by atoms with Crippen LogP contribution in [0.4, 0.5) is 0 Å². The molecule has 0 spiro atoms. The summed E-state index contributed by atoms with van der Waals surface area (Å²) >= 11 is 0. The lowest BCUT2D eigenvalue weighted by molar-refractivity contribution is -0.154. The van der Waals surface area contributed by atoms with Gasteiger partial charge in [0, 0.05) is 6.92 Å². The fourth-order valence-electron chi connectivity index (χ4n) is 1.41. The maximum absolute atomic E-state index is 10.8. The molecule has 0 saturated heterocycles. The molecule has 0 heterocycles. The Labute approximate surface area is 87.3 Å². The van der Waals surface area contributed by atoms with E-state index in [1.54, 1.807) is 0 Å². The Morgan fingerprint density at radius 3 is 2.57 bits per heavy atom. The van der Waals surface area contributed by atoms with E-state index in [-0.39, 0.29) is 11.6 Å². The number of esters is 1. The maximum atomic E-state index is 10.8. The van der Waals surface area contributed by atoms with Crippen LogP contribution in [-0.4, -0.2) is 11.6 Å². The van der Waals surface area contributed by atoms with Gasteiger partial charge < -0.3 is 4.74 Å². The Morgan fingerprint density at radius 2 is 2.14 bits per heavy atom. The lowest BCUT2D eigenvalue weighted by atomic mass is 9.97. The van der Waals surface area contributed by atoms with Crippen molar-refractivity contribution in [2.45, 2.75) is 52.6 Å². The fraction of sp³-hybridized carbons (Fsp3) is 0.750. The summed E-state index contributed by atoms with van der Waals surface area (Å²) in [4.78, 5) is 10.8. The summed E-state index contributed by atoms with van der Waals surface area (Å²) in [7, 11) is 0. The van der Waals surface area contributed by atoms with Crippen molar-refractivity contribution in [1.29, 1.82) is 0 Å². The number of ether oxygens (including phenoxy) is 1. The van der Waals surface area contributed by atoms with Crippen LogP contribution in [0, 0.1) is 5.92 Å². The van der Waals surface area contributed by atoms with E-state index in [0.29, 0.717) is 5.92 Å². The average molecular weight is 198 g/mol. The van der Waals surface area contributed by atoms with Crippen molar-refractivity contribution in [2.75, 3.05) is 0 Å². The van der Waals surface area contributed by atoms with Crippen molar-refractivity contribution < 1.29 is 9.53 Å². The van der Waals surface area contributed by atoms with Crippen molar-refractivity contribution in [3.63, 3.8) is 0 Å². The first-order chi connectivity index (χ1) is 6.37. The van der Waals surface area contributed by atoms with Crippen LogP contribution in [0.3, 0.4) is 0 Å². The van der Waals surface area contributed by atoms with Gasteiger partial charge in [-0.2, -0.15) is 0 Å². The van der Waals surface area contributed by atoms with Crippen molar-refractivity contribution in [2.24, 2.45) is 5.92 Å². The number of hydrogen-bond donors (Lipinski definition) is 0. The van der Waals surface area contributed by atoms with Crippen LogP contribution in [0.1, 0.15) is 47.0 Å². The summed E-state index contributed by atoms with van der Waals surface area (Å²) in [6, 6.07) is 0. The summed E-state index contributed by atoms with van der Waals surface area (Å²) in [6.45, 7) is 11.2. The van der Waals surface area contributed by atoms with Gasteiger partial charge in [0.05, 0.1) is 0 Å². The molecule has 2 nitrogen and oxygen atoms in total. The van der Waals surface area contributed by atoms with Crippen molar-refractivity contribution in [3.05, 3.63) is 12.7 Å². The van der Waals surface area contributed by atoms with Gasteiger partial charge in [-0.25, -0.2) is 0 Å². The molecule has 0 aromatic heterocycles. The van der Waals surface area contributed by atoms with Gasteiger partial charge in [-0.1, -0.05) is 13.0 Å². The first kappa shape index (κ1) is 13.2. The van der Waals surface area contributed by atoms with E-state index in [2.05, 4.69) is 13.5 Å². The largest absolute Gasteiger partial charge is 0.460 e. The SMILES string of the molecule is C=C[C@@H](C)CCCC(C)(C)OC(C)=O. The number of hydrogen-bond acceptors (Lipinski definition) is 2. The van der Waals surface area contributed by atoms with E-state index < -0.39 is 0 Å². The van der Waals surface area contributed by atoms with Gasteiger partial charge in [0.25, 0.3) is 0 Å². The van der Waals surface area contributed by atoms with Crippen LogP contribution in [0.25, 0.3) is 0 Å². The molecule has 14 heavy (non-hydrogen) atoms. The molecular weight excluding hydrogens is 176 g/mol. The van der Waals surface area contributed by atoms with E-state index in [0.717, 1.165) is 19.3 Å². The van der Waals surface area contributed by atoms with E-state index in [1.165, 1.54) is 6.92 Å². The van der Waals surface area contributed by atoms with Crippen molar-refractivity contribution >= 4 is 5.97 Å². The van der Waals surface area contributed by atoms with Crippen molar-refractivity contribution in [1.82, 2.24) is 0 Å². The molecule has 0 fully saturated rings. The molecule has 1 atom stereocenters. The molecule has 0 bridgehead atoms. The molecule has 0 rings (SSSR count). The summed E-state index contributed by atoms with van der Waals surface area (Å²) in [6.07, 6.45) is 5.03. The van der Waals surface area contributed by atoms with Gasteiger partial charge >= 0.3 is 5.97 Å². The van der Waals surface area contributed by atoms with Crippen molar-refractivity contribution in [3.8, 4) is 0 Å². The third kappa shape index (κ3) is 6.70. The molecule has 82 valence electrons. The zero-order chi connectivity index (χ0) is 11.2. The predicted octanol–water partition coefficient (Wildman–Crippen LogP) is 3.32. The minimum Gasteiger partial charge on any atom is -0.460 e. The normalized spacial score (nSPS) is 13.4. The number of allylic oxidation sites excluding steroid dienone is 1. The minimum atomic E-state index is -0.327. The highest BCUT2D eigenvalue weighted by Crippen LogP contribution is 2.20. The zero-order valence-electron chi connectivity index (χ0n) is 9.80. The molecule has 0 aliphatic rings. The molecule has 0 aliphatic heterocycles. The predicted molar refractivity (Wildman–Crippen MR) is 59.1 cm³/mol. The Bertz CT molecular complexity index is 194. The third-order valence-corrected chi connectivity index (χ3v) is 2.26. The highest BCUT2D eigenvalue weighted by molar-refractivity contribution is 5.66. The second kappa shape index (κ2) is 5.84. The Morgan fingerprint density at radius 1 is 1.57 bits per heavy atom. The van der Waals surface area contributed by atoms with E-state index in [9.17, 15) is 4.79 Å². The van der Waals surface area contributed by atoms with Crippen LogP contribution in [-0.2, 0) is 9.53 Å². The molecule has 0 aromatic rings. The lowest BCUT2D eigenvalue weighted by Gasteiger charge is -2.24. The van der Waals surface area contributed by atoms with Gasteiger partial charge in [-0.15, -0.1) is 6.58 Å². The summed E-state index contributed by atoms with van der Waals surface area (Å²) in [5.74, 6) is 0.342. The molecular formula is C12H22O2. The third-order valence-electron chi connectivity index (χ3n) is 2.26. The average Bonchev–Trinajstić information content (AvgIpc) is 2.01. The summed E-state index contributed by atoms with van der Waals surface area (Å²) in [5, 5.41) is 0. The fourth-order valence-corrected chi connectivity index (χ4v) is 1.41. The molecule has 0 aliphatic carbocycles. The smallest absolute Gasteiger partial charge is 0.303 e. The standard InChI is InChI=1S/C12H22O2/c1-6-10(2)8-7-9-12(4,5)14-11(3)13/h6,10H,1,7-9H2,2-5H3/t10-/m1/s1. The molecule has 0 saturated carbocycles. The lowest BCUT2D eigenvalue weighted by Crippen LogP contribution is -2.26. The number of rotatable bonds is 6. The van der Waals surface area contributed by atoms with Crippen LogP contribution in [0.15, 0.2) is 12.7 Å². The van der Waals surface area contributed by atoms with Crippen LogP contribution in [0.2, 0.25) is 0 Å². The summed E-state index contributed by atoms with van der Waals surface area (Å²) in [5.41, 5.74) is -0.327. The molecule has 0 unspecified atom stereocenters. The van der Waals surface area contributed by atoms with Crippen LogP contribution < -0.4 is 0 Å². The van der Waals surface area contributed by atoms with Gasteiger partial charge in [-0.3, -0.25) is 4.79 Å². The van der Waals surface area contributed by atoms with E-state index in [1.807, 2.05) is 19.9 Å². The maximum Gasteiger partial charge on any atom is 0.303 e. The first-order valence-corrected chi connectivity index (χ1v) is 5.19. The molecule has 0 N–H and O–H groups in total. The minimum absolute atomic E-state index is 0.202. The second-order valence-electron chi connectivity index (χ2n) is 4.46. The molecule has 0 radical (unpaired) electrons. The highest BCUT2D eigenvalue weighted by Gasteiger charge is 2.20. The van der Waals surface area contributed by atoms with E-state index >= 15 is 0 Å². The van der Waals surface area contributed by atoms with E-state index in [4.69, 9.17) is 4.74 Å². The summed E-state index contributed by atoms with van der Waals surface area (Å²) < 4.78 is 5.19. The van der Waals surface area contributed by atoms with Gasteiger partial charge in [0.2, 0.25) is 0 Å². The molecule has 0 aromatic carbocycles. The first-order valence-electron chi connectivity index (χ1n) is 5.19. The second-order valence-corrected chi connectivity index (χ2v) is 4.46. The quantitative estimate of drug-likeness (QED) is 0.483. The number of carbonyl (C=O) groups is 1. The molecule has 2 heteroatoms. The van der Waals surface area contributed by atoms with Gasteiger partial charge in [-0.05, 0) is 39.0 Å². The molecule has 0 amide bonds. The zero-order valence-corrected chi connectivity index (χ0v) is 9.80. The number of carbonyl (C=O) groups excluding carboxylic acids is 1. The van der Waals surface area contributed by atoms with Crippen LogP contribution in [0.5, 0.6) is 0 Å². The Hall–Kier alpha value is -0.790. The van der Waals surface area contributed by atoms with Gasteiger partial charge in [0.1, 0.15) is 5.60 Å². The Kier molecular flexibility index (Phi) is 5.51. The highest BCUT2D eigenvalue weighted by atomic mass is 16.6.